The molecule has 8 heteroatoms. The summed E-state index contributed by atoms with van der Waals surface area (Å²) in [6.45, 7) is 4.56. The monoisotopic (exact) mass is 364 g/mol. The topological polar surface area (TPSA) is 32.3 Å². The smallest absolute Gasteiger partial charge is 0.351 e. The van der Waals surface area contributed by atoms with Crippen LogP contribution in [0.15, 0.2) is 18.2 Å². The maximum Gasteiger partial charge on any atom is 0.416 e. The molecule has 1 aromatic rings. The quantitative estimate of drug-likeness (QED) is 0.636. The van der Waals surface area contributed by atoms with E-state index in [4.69, 9.17) is 0 Å². The van der Waals surface area contributed by atoms with Gasteiger partial charge in [-0.1, -0.05) is 31.9 Å². The zero-order valence-electron chi connectivity index (χ0n) is 13.5. The van der Waals surface area contributed by atoms with E-state index in [1.807, 2.05) is 18.2 Å². The predicted molar refractivity (Wildman–Crippen MR) is 85.7 cm³/mol. The standard InChI is InChI=1S/C16H20F4N2OS/c1-10(2)9-22-14(5-6-24-22)15(23)21-8-11-3-4-12(17)7-13(11)16(18,19)20/h3-4,7,10,14H,5-6,8-9H2,1-2H3,(H,21,23). The Bertz CT molecular complexity index is 592. The molecule has 1 aliphatic heterocycles. The van der Waals surface area contributed by atoms with Crippen molar-refractivity contribution in [3.63, 3.8) is 0 Å². The minimum absolute atomic E-state index is 0.140. The van der Waals surface area contributed by atoms with E-state index >= 15 is 0 Å². The van der Waals surface area contributed by atoms with Gasteiger partial charge in [-0.15, -0.1) is 0 Å². The molecular weight excluding hydrogens is 344 g/mol. The minimum Gasteiger partial charge on any atom is -0.351 e. The Hall–Kier alpha value is -1.28. The largest absolute Gasteiger partial charge is 0.416 e. The van der Waals surface area contributed by atoms with Crippen LogP contribution in [0.5, 0.6) is 0 Å². The lowest BCUT2D eigenvalue weighted by molar-refractivity contribution is -0.138. The van der Waals surface area contributed by atoms with Crippen LogP contribution in [0.3, 0.4) is 0 Å². The summed E-state index contributed by atoms with van der Waals surface area (Å²) in [6.07, 6.45) is -3.99. The van der Waals surface area contributed by atoms with Gasteiger partial charge in [0.25, 0.3) is 0 Å². The molecular formula is C16H20F4N2OS. The van der Waals surface area contributed by atoms with E-state index in [1.165, 1.54) is 0 Å². The Morgan fingerprint density at radius 1 is 1.42 bits per heavy atom. The first-order valence-electron chi connectivity index (χ1n) is 7.71. The first kappa shape index (κ1) is 19.1. The van der Waals surface area contributed by atoms with E-state index in [0.29, 0.717) is 18.4 Å². The average molecular weight is 364 g/mol. The molecule has 0 bridgehead atoms. The number of nitrogens with zero attached hydrogens (tertiary/aromatic N) is 1. The first-order chi connectivity index (χ1) is 11.2. The number of halogens is 4. The van der Waals surface area contributed by atoms with Gasteiger partial charge in [0.1, 0.15) is 5.82 Å². The molecule has 0 spiro atoms. The summed E-state index contributed by atoms with van der Waals surface area (Å²) < 4.78 is 54.0. The Labute approximate surface area is 142 Å². The highest BCUT2D eigenvalue weighted by Gasteiger charge is 2.35. The van der Waals surface area contributed by atoms with Gasteiger partial charge in [0.05, 0.1) is 11.6 Å². The van der Waals surface area contributed by atoms with Crippen molar-refractivity contribution >= 4 is 17.9 Å². The molecule has 1 aliphatic rings. The second kappa shape index (κ2) is 7.74. The molecule has 1 saturated heterocycles. The Morgan fingerprint density at radius 2 is 2.12 bits per heavy atom. The van der Waals surface area contributed by atoms with Crippen LogP contribution in [0.4, 0.5) is 17.6 Å². The SMILES string of the molecule is CC(C)CN1SCCC1C(=O)NCc1ccc(F)cc1C(F)(F)F. The molecule has 1 fully saturated rings. The lowest BCUT2D eigenvalue weighted by Crippen LogP contribution is -2.42. The molecule has 134 valence electrons. The molecule has 1 amide bonds. The summed E-state index contributed by atoms with van der Waals surface area (Å²) in [6, 6.07) is 2.14. The van der Waals surface area contributed by atoms with Gasteiger partial charge in [-0.25, -0.2) is 8.70 Å². The van der Waals surface area contributed by atoms with Crippen LogP contribution in [-0.2, 0) is 17.5 Å². The molecule has 24 heavy (non-hydrogen) atoms. The van der Waals surface area contributed by atoms with E-state index in [1.54, 1.807) is 11.9 Å². The fourth-order valence-corrected chi connectivity index (χ4v) is 3.93. The van der Waals surface area contributed by atoms with Gasteiger partial charge in [-0.05, 0) is 30.0 Å². The molecule has 0 aromatic heterocycles. The summed E-state index contributed by atoms with van der Waals surface area (Å²) in [7, 11) is 0. The number of hydrogen-bond acceptors (Lipinski definition) is 3. The molecule has 1 heterocycles. The average Bonchev–Trinajstić information content (AvgIpc) is 2.92. The minimum atomic E-state index is -4.66. The maximum atomic E-state index is 13.1. The molecule has 1 aromatic carbocycles. The number of hydrogen-bond donors (Lipinski definition) is 1. The van der Waals surface area contributed by atoms with Crippen LogP contribution in [0.1, 0.15) is 31.4 Å². The van der Waals surface area contributed by atoms with E-state index < -0.39 is 17.6 Å². The summed E-state index contributed by atoms with van der Waals surface area (Å²) in [5, 5.41) is 2.56. The van der Waals surface area contributed by atoms with Gasteiger partial charge in [-0.2, -0.15) is 13.2 Å². The highest BCUT2D eigenvalue weighted by atomic mass is 32.2. The Kier molecular flexibility index (Phi) is 6.14. The number of benzene rings is 1. The normalized spacial score (nSPS) is 19.0. The third kappa shape index (κ3) is 4.86. The van der Waals surface area contributed by atoms with Crippen LogP contribution in [0, 0.1) is 11.7 Å². The fraction of sp³-hybridized carbons (Fsp3) is 0.562. The third-order valence-electron chi connectivity index (χ3n) is 3.67. The van der Waals surface area contributed by atoms with E-state index in [0.717, 1.165) is 24.4 Å². The van der Waals surface area contributed by atoms with E-state index in [9.17, 15) is 22.4 Å². The molecule has 1 atom stereocenters. The molecule has 0 aliphatic carbocycles. The van der Waals surface area contributed by atoms with Gasteiger partial charge < -0.3 is 5.32 Å². The molecule has 2 rings (SSSR count). The maximum absolute atomic E-state index is 13.1. The lowest BCUT2D eigenvalue weighted by Gasteiger charge is -2.24. The van der Waals surface area contributed by atoms with Crippen molar-refractivity contribution in [1.82, 2.24) is 9.62 Å². The number of carbonyl (C=O) groups excluding carboxylic acids is 1. The van der Waals surface area contributed by atoms with Gasteiger partial charge >= 0.3 is 6.18 Å². The first-order valence-corrected chi connectivity index (χ1v) is 8.65. The van der Waals surface area contributed by atoms with Crippen molar-refractivity contribution in [3.8, 4) is 0 Å². The summed E-state index contributed by atoms with van der Waals surface area (Å²) in [5.74, 6) is -0.0413. The van der Waals surface area contributed by atoms with Crippen LogP contribution in [0.2, 0.25) is 0 Å². The number of nitrogens with one attached hydrogen (secondary N) is 1. The van der Waals surface area contributed by atoms with Gasteiger partial charge in [0, 0.05) is 18.8 Å². The summed E-state index contributed by atoms with van der Waals surface area (Å²) in [5.41, 5.74) is -1.19. The second-order valence-corrected chi connectivity index (χ2v) is 7.28. The van der Waals surface area contributed by atoms with Crippen molar-refractivity contribution in [2.45, 2.75) is 39.0 Å². The zero-order chi connectivity index (χ0) is 17.9. The summed E-state index contributed by atoms with van der Waals surface area (Å²) >= 11 is 1.58. The van der Waals surface area contributed by atoms with Crippen LogP contribution in [-0.4, -0.2) is 28.6 Å². The number of amides is 1. The molecule has 0 saturated carbocycles. The molecule has 1 unspecified atom stereocenters. The molecule has 1 N–H and O–H groups in total. The van der Waals surface area contributed by atoms with Crippen molar-refractivity contribution in [2.24, 2.45) is 5.92 Å². The van der Waals surface area contributed by atoms with Crippen LogP contribution < -0.4 is 5.32 Å². The van der Waals surface area contributed by atoms with E-state index in [-0.39, 0.29) is 24.1 Å². The van der Waals surface area contributed by atoms with Crippen molar-refractivity contribution in [1.29, 1.82) is 0 Å². The van der Waals surface area contributed by atoms with Gasteiger partial charge in [0.15, 0.2) is 0 Å². The second-order valence-electron chi connectivity index (χ2n) is 6.15. The van der Waals surface area contributed by atoms with Crippen molar-refractivity contribution in [3.05, 3.63) is 35.1 Å². The van der Waals surface area contributed by atoms with E-state index in [2.05, 4.69) is 5.32 Å². The molecule has 0 radical (unpaired) electrons. The fourth-order valence-electron chi connectivity index (χ4n) is 2.58. The number of carbonyl (C=O) groups is 1. The van der Waals surface area contributed by atoms with Crippen molar-refractivity contribution < 1.29 is 22.4 Å². The molecule has 3 nitrogen and oxygen atoms in total. The van der Waals surface area contributed by atoms with Crippen LogP contribution in [0.25, 0.3) is 0 Å². The third-order valence-corrected chi connectivity index (χ3v) is 4.83. The highest BCUT2D eigenvalue weighted by molar-refractivity contribution is 7.97. The number of rotatable bonds is 5. The lowest BCUT2D eigenvalue weighted by atomic mass is 10.1. The van der Waals surface area contributed by atoms with Gasteiger partial charge in [0.2, 0.25) is 5.91 Å². The predicted octanol–water partition coefficient (Wildman–Crippen LogP) is 3.84. The Balaban J connectivity index is 2.04. The van der Waals surface area contributed by atoms with Crippen LogP contribution >= 0.6 is 11.9 Å². The van der Waals surface area contributed by atoms with Gasteiger partial charge in [-0.3, -0.25) is 4.79 Å². The number of alkyl halides is 3. The Morgan fingerprint density at radius 3 is 2.75 bits per heavy atom. The zero-order valence-corrected chi connectivity index (χ0v) is 14.3. The highest BCUT2D eigenvalue weighted by Crippen LogP contribution is 2.33. The van der Waals surface area contributed by atoms with Crippen molar-refractivity contribution in [2.75, 3.05) is 12.3 Å². The summed E-state index contributed by atoms with van der Waals surface area (Å²) in [4.78, 5) is 12.3.